The first-order valence-electron chi connectivity index (χ1n) is 9.97. The van der Waals surface area contributed by atoms with E-state index < -0.39 is 0 Å². The highest BCUT2D eigenvalue weighted by Crippen LogP contribution is 2.39. The molecule has 0 aliphatic heterocycles. The molecule has 26 heavy (non-hydrogen) atoms. The number of aromatic amines is 1. The van der Waals surface area contributed by atoms with Gasteiger partial charge in [0.05, 0.1) is 5.69 Å². The molecule has 3 heterocycles. The van der Waals surface area contributed by atoms with Gasteiger partial charge in [-0.05, 0) is 43.1 Å². The van der Waals surface area contributed by atoms with Crippen molar-refractivity contribution in [1.82, 2.24) is 25.0 Å². The molecule has 0 saturated heterocycles. The smallest absolute Gasteiger partial charge is 0.181 e. The summed E-state index contributed by atoms with van der Waals surface area (Å²) in [5.41, 5.74) is 5.99. The van der Waals surface area contributed by atoms with Crippen molar-refractivity contribution in [1.29, 1.82) is 0 Å². The predicted octanol–water partition coefficient (Wildman–Crippen LogP) is 4.53. The summed E-state index contributed by atoms with van der Waals surface area (Å²) in [6.07, 6.45) is 13.1. The topological polar surface area (TPSA) is 59.4 Å². The van der Waals surface area contributed by atoms with Crippen molar-refractivity contribution in [3.63, 3.8) is 0 Å². The molecule has 3 aromatic heterocycles. The number of pyridine rings is 1. The van der Waals surface area contributed by atoms with Crippen molar-refractivity contribution in [2.45, 2.75) is 65.3 Å². The SMILES string of the molecule is CC1(C)Cc2[nH]nc(-c3cnc4nn(CC5CCCCC5)cc4c3)c2C1. The van der Waals surface area contributed by atoms with Gasteiger partial charge < -0.3 is 0 Å². The van der Waals surface area contributed by atoms with Crippen LogP contribution in [0.3, 0.4) is 0 Å². The predicted molar refractivity (Wildman–Crippen MR) is 103 cm³/mol. The molecule has 0 radical (unpaired) electrons. The maximum Gasteiger partial charge on any atom is 0.181 e. The summed E-state index contributed by atoms with van der Waals surface area (Å²) in [6, 6.07) is 2.20. The molecule has 0 aromatic carbocycles. The standard InChI is InChI=1S/C21H27N5/c1-21(2)9-17-18(10-21)23-24-19(17)15-8-16-13-26(25-20(16)22-11-15)12-14-6-4-3-5-7-14/h8,11,13-14H,3-7,9-10,12H2,1-2H3,(H,23,24). The van der Waals surface area contributed by atoms with Gasteiger partial charge in [-0.1, -0.05) is 33.1 Å². The number of rotatable bonds is 3. The molecule has 2 aliphatic carbocycles. The zero-order valence-corrected chi connectivity index (χ0v) is 15.8. The van der Waals surface area contributed by atoms with Crippen LogP contribution in [0.25, 0.3) is 22.3 Å². The fourth-order valence-corrected chi connectivity index (χ4v) is 4.82. The van der Waals surface area contributed by atoms with Crippen LogP contribution in [-0.4, -0.2) is 25.0 Å². The highest BCUT2D eigenvalue weighted by molar-refractivity contribution is 5.80. The summed E-state index contributed by atoms with van der Waals surface area (Å²) in [7, 11) is 0. The number of hydrogen-bond donors (Lipinski definition) is 1. The van der Waals surface area contributed by atoms with Gasteiger partial charge in [-0.2, -0.15) is 10.2 Å². The van der Waals surface area contributed by atoms with Crippen molar-refractivity contribution in [2.75, 3.05) is 0 Å². The first-order valence-corrected chi connectivity index (χ1v) is 9.97. The maximum absolute atomic E-state index is 4.70. The van der Waals surface area contributed by atoms with E-state index in [1.807, 2.05) is 6.20 Å². The molecule has 1 fully saturated rings. The van der Waals surface area contributed by atoms with Crippen LogP contribution in [0.2, 0.25) is 0 Å². The van der Waals surface area contributed by atoms with Crippen LogP contribution in [0.15, 0.2) is 18.5 Å². The number of H-pyrrole nitrogens is 1. The second-order valence-corrected chi connectivity index (χ2v) is 9.04. The monoisotopic (exact) mass is 349 g/mol. The van der Waals surface area contributed by atoms with E-state index in [1.54, 1.807) is 0 Å². The van der Waals surface area contributed by atoms with Crippen molar-refractivity contribution < 1.29 is 0 Å². The van der Waals surface area contributed by atoms with Crippen LogP contribution in [0.4, 0.5) is 0 Å². The Bertz CT molecular complexity index is 943. The molecule has 5 nitrogen and oxygen atoms in total. The lowest BCUT2D eigenvalue weighted by atomic mass is 9.89. The molecular formula is C21H27N5. The van der Waals surface area contributed by atoms with Crippen molar-refractivity contribution >= 4 is 11.0 Å². The summed E-state index contributed by atoms with van der Waals surface area (Å²) in [5, 5.41) is 13.7. The van der Waals surface area contributed by atoms with Crippen LogP contribution in [0.1, 0.15) is 57.2 Å². The van der Waals surface area contributed by atoms with E-state index in [0.29, 0.717) is 5.41 Å². The molecule has 2 aliphatic rings. The first-order chi connectivity index (χ1) is 12.6. The second kappa shape index (κ2) is 5.93. The minimum absolute atomic E-state index is 0.321. The highest BCUT2D eigenvalue weighted by atomic mass is 15.3. The molecule has 0 amide bonds. The molecule has 1 N–H and O–H groups in total. The van der Waals surface area contributed by atoms with Gasteiger partial charge in [0.2, 0.25) is 0 Å². The first kappa shape index (κ1) is 16.0. The van der Waals surface area contributed by atoms with Crippen LogP contribution < -0.4 is 0 Å². The lowest BCUT2D eigenvalue weighted by Crippen LogP contribution is -2.14. The van der Waals surface area contributed by atoms with Gasteiger partial charge in [0.25, 0.3) is 0 Å². The molecule has 5 rings (SSSR count). The van der Waals surface area contributed by atoms with Gasteiger partial charge in [0.1, 0.15) is 0 Å². The van der Waals surface area contributed by atoms with E-state index >= 15 is 0 Å². The van der Waals surface area contributed by atoms with E-state index in [-0.39, 0.29) is 0 Å². The summed E-state index contributed by atoms with van der Waals surface area (Å²) in [5.74, 6) is 0.773. The minimum atomic E-state index is 0.321. The Morgan fingerprint density at radius 3 is 2.88 bits per heavy atom. The average molecular weight is 349 g/mol. The third-order valence-electron chi connectivity index (χ3n) is 6.11. The Morgan fingerprint density at radius 1 is 1.19 bits per heavy atom. The Hall–Kier alpha value is -2.17. The normalized spacial score (nSPS) is 19.9. The Kier molecular flexibility index (Phi) is 3.66. The minimum Gasteiger partial charge on any atom is -0.282 e. The van der Waals surface area contributed by atoms with E-state index in [1.165, 1.54) is 43.4 Å². The largest absolute Gasteiger partial charge is 0.282 e. The van der Waals surface area contributed by atoms with Crippen molar-refractivity contribution in [3.8, 4) is 11.3 Å². The lowest BCUT2D eigenvalue weighted by Gasteiger charge is -2.21. The van der Waals surface area contributed by atoms with Crippen LogP contribution in [0, 0.1) is 11.3 Å². The molecular weight excluding hydrogens is 322 g/mol. The number of hydrogen-bond acceptors (Lipinski definition) is 3. The fourth-order valence-electron chi connectivity index (χ4n) is 4.82. The molecule has 136 valence electrons. The Labute approximate surface area is 154 Å². The van der Waals surface area contributed by atoms with Crippen molar-refractivity contribution in [2.24, 2.45) is 11.3 Å². The number of fused-ring (bicyclic) bond motifs is 2. The van der Waals surface area contributed by atoms with E-state index in [4.69, 9.17) is 5.10 Å². The van der Waals surface area contributed by atoms with E-state index in [0.717, 1.165) is 47.6 Å². The van der Waals surface area contributed by atoms with Gasteiger partial charge in [0, 0.05) is 41.1 Å². The van der Waals surface area contributed by atoms with Crippen LogP contribution in [-0.2, 0) is 19.4 Å². The fraction of sp³-hybridized carbons (Fsp3) is 0.571. The Balaban J connectivity index is 1.44. The zero-order valence-electron chi connectivity index (χ0n) is 15.8. The van der Waals surface area contributed by atoms with E-state index in [2.05, 4.69) is 46.0 Å². The Morgan fingerprint density at radius 2 is 2.04 bits per heavy atom. The third-order valence-corrected chi connectivity index (χ3v) is 6.11. The molecule has 0 bridgehead atoms. The van der Waals surface area contributed by atoms with Gasteiger partial charge in [-0.15, -0.1) is 0 Å². The summed E-state index contributed by atoms with van der Waals surface area (Å²) >= 11 is 0. The summed E-state index contributed by atoms with van der Waals surface area (Å²) < 4.78 is 2.11. The zero-order chi connectivity index (χ0) is 17.7. The molecule has 0 atom stereocenters. The van der Waals surface area contributed by atoms with E-state index in [9.17, 15) is 0 Å². The van der Waals surface area contributed by atoms with Crippen molar-refractivity contribution in [3.05, 3.63) is 29.7 Å². The molecule has 0 spiro atoms. The average Bonchev–Trinajstić information content (AvgIpc) is 3.26. The van der Waals surface area contributed by atoms with Gasteiger partial charge >= 0.3 is 0 Å². The van der Waals surface area contributed by atoms with Gasteiger partial charge in [0.15, 0.2) is 5.65 Å². The highest BCUT2D eigenvalue weighted by Gasteiger charge is 2.32. The molecule has 5 heteroatoms. The quantitative estimate of drug-likeness (QED) is 0.756. The second-order valence-electron chi connectivity index (χ2n) is 9.04. The molecule has 0 unspecified atom stereocenters. The van der Waals surface area contributed by atoms with Gasteiger partial charge in [-0.3, -0.25) is 9.78 Å². The van der Waals surface area contributed by atoms with Crippen LogP contribution in [0.5, 0.6) is 0 Å². The van der Waals surface area contributed by atoms with Crippen LogP contribution >= 0.6 is 0 Å². The molecule has 3 aromatic rings. The third kappa shape index (κ3) is 2.83. The molecule has 1 saturated carbocycles. The lowest BCUT2D eigenvalue weighted by molar-refractivity contribution is 0.309. The summed E-state index contributed by atoms with van der Waals surface area (Å²) in [6.45, 7) is 5.67. The summed E-state index contributed by atoms with van der Waals surface area (Å²) in [4.78, 5) is 4.63. The number of aromatic nitrogens is 5. The maximum atomic E-state index is 4.70. The number of nitrogens with zero attached hydrogens (tertiary/aromatic N) is 4. The number of nitrogens with one attached hydrogen (secondary N) is 1. The van der Waals surface area contributed by atoms with Gasteiger partial charge in [-0.25, -0.2) is 4.98 Å².